The number of fused-ring (bicyclic) bond motifs is 2. The van der Waals surface area contributed by atoms with Gasteiger partial charge in [0.15, 0.2) is 11.5 Å². The average Bonchev–Trinajstić information content (AvgIpc) is 3.32. The molecule has 1 amide bonds. The zero-order valence-electron chi connectivity index (χ0n) is 16.3. The average molecular weight is 405 g/mol. The Morgan fingerprint density at radius 2 is 2.17 bits per heavy atom. The molecule has 5 rings (SSSR count). The van der Waals surface area contributed by atoms with Crippen LogP contribution in [0.1, 0.15) is 22.5 Å². The number of carbonyl (C=O) groups excluding carboxylic acids is 1. The second-order valence-corrected chi connectivity index (χ2v) is 7.56. The molecule has 0 radical (unpaired) electrons. The molecule has 9 heteroatoms. The molecule has 1 aromatic carbocycles. The van der Waals surface area contributed by atoms with E-state index in [0.717, 1.165) is 30.6 Å². The number of halogens is 1. The molecule has 3 aromatic heterocycles. The van der Waals surface area contributed by atoms with Crippen molar-refractivity contribution in [2.24, 2.45) is 5.73 Å². The van der Waals surface area contributed by atoms with Crippen LogP contribution in [0.3, 0.4) is 0 Å². The summed E-state index contributed by atoms with van der Waals surface area (Å²) in [4.78, 5) is 19.3. The summed E-state index contributed by atoms with van der Waals surface area (Å²) in [6.45, 7) is 3.39. The first-order valence-corrected chi connectivity index (χ1v) is 9.71. The van der Waals surface area contributed by atoms with Gasteiger partial charge in [0.25, 0.3) is 5.91 Å². The minimum atomic E-state index is -0.508. The number of anilines is 2. The minimum absolute atomic E-state index is 0.134. The Morgan fingerprint density at radius 3 is 2.97 bits per heavy atom. The number of aryl methyl sites for hydroxylation is 1. The largest absolute Gasteiger partial charge is 0.369 e. The number of imidazole rings is 1. The van der Waals surface area contributed by atoms with Crippen LogP contribution in [0, 0.1) is 12.7 Å². The van der Waals surface area contributed by atoms with E-state index < -0.39 is 5.82 Å². The van der Waals surface area contributed by atoms with E-state index in [2.05, 4.69) is 25.4 Å². The summed E-state index contributed by atoms with van der Waals surface area (Å²) < 4.78 is 15.9. The van der Waals surface area contributed by atoms with Gasteiger partial charge in [-0.25, -0.2) is 9.37 Å². The van der Waals surface area contributed by atoms with Crippen LogP contribution in [0.15, 0.2) is 42.9 Å². The first-order chi connectivity index (χ1) is 14.5. The van der Waals surface area contributed by atoms with E-state index in [1.807, 2.05) is 12.1 Å². The zero-order valence-corrected chi connectivity index (χ0v) is 16.3. The molecular weight excluding hydrogens is 385 g/mol. The molecule has 0 bridgehead atoms. The number of carbonyl (C=O) groups is 1. The molecule has 1 saturated heterocycles. The van der Waals surface area contributed by atoms with Crippen LogP contribution in [-0.4, -0.2) is 44.6 Å². The van der Waals surface area contributed by atoms with Gasteiger partial charge in [-0.2, -0.15) is 5.10 Å². The van der Waals surface area contributed by atoms with Gasteiger partial charge in [0, 0.05) is 48.7 Å². The van der Waals surface area contributed by atoms with Crippen molar-refractivity contribution in [3.8, 4) is 0 Å². The fourth-order valence-corrected chi connectivity index (χ4v) is 3.98. The number of nitrogens with one attached hydrogen (secondary N) is 1. The van der Waals surface area contributed by atoms with Crippen LogP contribution in [0.25, 0.3) is 16.6 Å². The van der Waals surface area contributed by atoms with Gasteiger partial charge < -0.3 is 20.4 Å². The topological polar surface area (TPSA) is 101 Å². The van der Waals surface area contributed by atoms with Crippen LogP contribution in [0.5, 0.6) is 0 Å². The second kappa shape index (κ2) is 7.03. The quantitative estimate of drug-likeness (QED) is 0.543. The van der Waals surface area contributed by atoms with Crippen molar-refractivity contribution < 1.29 is 9.18 Å². The highest BCUT2D eigenvalue weighted by atomic mass is 19.1. The van der Waals surface area contributed by atoms with Crippen molar-refractivity contribution in [1.82, 2.24) is 19.6 Å². The fourth-order valence-electron chi connectivity index (χ4n) is 3.98. The van der Waals surface area contributed by atoms with Crippen molar-refractivity contribution in [3.05, 3.63) is 59.9 Å². The number of aromatic nitrogens is 4. The lowest BCUT2D eigenvalue weighted by Crippen LogP contribution is -2.26. The summed E-state index contributed by atoms with van der Waals surface area (Å²) >= 11 is 0. The molecule has 1 atom stereocenters. The molecule has 30 heavy (non-hydrogen) atoms. The maximum absolute atomic E-state index is 14.4. The van der Waals surface area contributed by atoms with Crippen molar-refractivity contribution in [1.29, 1.82) is 0 Å². The van der Waals surface area contributed by atoms with Crippen LogP contribution in [0.2, 0.25) is 0 Å². The summed E-state index contributed by atoms with van der Waals surface area (Å²) in [6.07, 6.45) is 5.85. The molecule has 0 spiro atoms. The maximum atomic E-state index is 14.4. The van der Waals surface area contributed by atoms with Crippen LogP contribution in [0.4, 0.5) is 15.8 Å². The van der Waals surface area contributed by atoms with Crippen LogP contribution < -0.4 is 16.0 Å². The van der Waals surface area contributed by atoms with E-state index in [0.29, 0.717) is 22.5 Å². The minimum Gasteiger partial charge on any atom is -0.369 e. The number of amides is 1. The van der Waals surface area contributed by atoms with Gasteiger partial charge >= 0.3 is 0 Å². The van der Waals surface area contributed by atoms with Crippen molar-refractivity contribution in [3.63, 3.8) is 0 Å². The first kappa shape index (κ1) is 18.4. The molecule has 4 aromatic rings. The predicted octanol–water partition coefficient (Wildman–Crippen LogP) is 2.51. The number of rotatable bonds is 3. The normalized spacial score (nSPS) is 16.5. The highest BCUT2D eigenvalue weighted by Crippen LogP contribution is 2.30. The third kappa shape index (κ3) is 3.13. The van der Waals surface area contributed by atoms with Gasteiger partial charge in [0.1, 0.15) is 5.52 Å². The molecule has 4 heterocycles. The van der Waals surface area contributed by atoms with Gasteiger partial charge in [0.05, 0.1) is 23.1 Å². The Bertz CT molecular complexity index is 1290. The summed E-state index contributed by atoms with van der Waals surface area (Å²) in [7, 11) is 0. The van der Waals surface area contributed by atoms with Gasteiger partial charge in [-0.1, -0.05) is 0 Å². The molecule has 1 aliphatic heterocycles. The lowest BCUT2D eigenvalue weighted by atomic mass is 10.1. The van der Waals surface area contributed by atoms with Gasteiger partial charge in [-0.05, 0) is 31.5 Å². The monoisotopic (exact) mass is 405 g/mol. The fraction of sp³-hybridized carbons (Fsp3) is 0.238. The first-order valence-electron chi connectivity index (χ1n) is 9.71. The second-order valence-electron chi connectivity index (χ2n) is 7.56. The Labute approximate surface area is 171 Å². The third-order valence-corrected chi connectivity index (χ3v) is 5.35. The highest BCUT2D eigenvalue weighted by molar-refractivity contribution is 6.13. The zero-order chi connectivity index (χ0) is 20.8. The number of benzene rings is 1. The highest BCUT2D eigenvalue weighted by Gasteiger charge is 2.23. The van der Waals surface area contributed by atoms with E-state index in [1.165, 1.54) is 6.07 Å². The number of nitrogens with two attached hydrogens (primary N) is 1. The van der Waals surface area contributed by atoms with Gasteiger partial charge in [-0.3, -0.25) is 4.79 Å². The summed E-state index contributed by atoms with van der Waals surface area (Å²) in [6, 6.07) is 6.86. The smallest absolute Gasteiger partial charge is 0.257 e. The Kier molecular flexibility index (Phi) is 4.32. The predicted molar refractivity (Wildman–Crippen MR) is 112 cm³/mol. The standard InChI is InChI=1S/C21H20FN7O/c1-12-9-29-11-14(8-17(22)20(29)25-12)26-21(30)16-2-3-18(28-7-5-13(23)10-28)15-4-6-24-27-19(15)16/h2-4,6,8-9,11,13H,5,7,10,23H2,1H3,(H,26,30)/t13-/m1/s1. The van der Waals surface area contributed by atoms with E-state index in [4.69, 9.17) is 5.73 Å². The Balaban J connectivity index is 1.51. The molecule has 1 aliphatic rings. The number of pyridine rings is 1. The van der Waals surface area contributed by atoms with Gasteiger partial charge in [0.2, 0.25) is 0 Å². The molecule has 8 nitrogen and oxygen atoms in total. The lowest BCUT2D eigenvalue weighted by molar-refractivity contribution is 0.102. The summed E-state index contributed by atoms with van der Waals surface area (Å²) in [5.41, 5.74) is 9.13. The van der Waals surface area contributed by atoms with Crippen LogP contribution >= 0.6 is 0 Å². The molecule has 3 N–H and O–H groups in total. The SMILES string of the molecule is Cc1cn2cc(NC(=O)c3ccc(N4CC[C@@H](N)C4)c4ccnnc34)cc(F)c2n1. The van der Waals surface area contributed by atoms with Crippen molar-refractivity contribution >= 4 is 33.8 Å². The summed E-state index contributed by atoms with van der Waals surface area (Å²) in [5.74, 6) is -0.896. The maximum Gasteiger partial charge on any atom is 0.257 e. The number of hydrogen-bond acceptors (Lipinski definition) is 6. The van der Waals surface area contributed by atoms with Crippen molar-refractivity contribution in [2.45, 2.75) is 19.4 Å². The van der Waals surface area contributed by atoms with Crippen molar-refractivity contribution in [2.75, 3.05) is 23.3 Å². The Morgan fingerprint density at radius 1 is 1.30 bits per heavy atom. The van der Waals surface area contributed by atoms with E-state index >= 15 is 0 Å². The summed E-state index contributed by atoms with van der Waals surface area (Å²) in [5, 5.41) is 11.8. The third-order valence-electron chi connectivity index (χ3n) is 5.35. The van der Waals surface area contributed by atoms with E-state index in [1.54, 1.807) is 36.0 Å². The van der Waals surface area contributed by atoms with Gasteiger partial charge in [-0.15, -0.1) is 5.10 Å². The lowest BCUT2D eigenvalue weighted by Gasteiger charge is -2.20. The number of nitrogens with zero attached hydrogens (tertiary/aromatic N) is 5. The van der Waals surface area contributed by atoms with E-state index in [9.17, 15) is 9.18 Å². The molecule has 0 aliphatic carbocycles. The van der Waals surface area contributed by atoms with E-state index in [-0.39, 0.29) is 17.6 Å². The Hall–Kier alpha value is -3.59. The molecule has 1 fully saturated rings. The van der Waals surface area contributed by atoms with Crippen LogP contribution in [-0.2, 0) is 0 Å². The molecular formula is C21H20FN7O. The molecule has 0 saturated carbocycles. The molecule has 152 valence electrons. The number of hydrogen-bond donors (Lipinski definition) is 2. The molecule has 0 unspecified atom stereocenters.